The first-order valence-electron chi connectivity index (χ1n) is 7.19. The lowest BCUT2D eigenvalue weighted by atomic mass is 10.2. The summed E-state index contributed by atoms with van der Waals surface area (Å²) in [6, 6.07) is 14.5. The molecule has 0 atom stereocenters. The molecule has 24 heavy (non-hydrogen) atoms. The first-order valence-corrected chi connectivity index (χ1v) is 8.72. The molecule has 0 aliphatic carbocycles. The molecule has 0 aliphatic heterocycles. The summed E-state index contributed by atoms with van der Waals surface area (Å²) < 4.78 is 15.0. The van der Waals surface area contributed by atoms with E-state index in [1.807, 2.05) is 37.3 Å². The van der Waals surface area contributed by atoms with E-state index in [2.05, 4.69) is 30.0 Å². The van der Waals surface area contributed by atoms with Gasteiger partial charge in [0.15, 0.2) is 0 Å². The van der Waals surface area contributed by atoms with E-state index < -0.39 is 0 Å². The zero-order valence-electron chi connectivity index (χ0n) is 12.8. The highest BCUT2D eigenvalue weighted by Crippen LogP contribution is 2.18. The van der Waals surface area contributed by atoms with Crippen molar-refractivity contribution in [3.63, 3.8) is 0 Å². The van der Waals surface area contributed by atoms with E-state index >= 15 is 0 Å². The van der Waals surface area contributed by atoms with E-state index in [9.17, 15) is 4.79 Å². The number of aryl methyl sites for hydroxylation is 1. The highest BCUT2D eigenvalue weighted by atomic mass is 79.9. The third-order valence-corrected chi connectivity index (χ3v) is 4.51. The number of anilines is 1. The smallest absolute Gasteiger partial charge is 0.255 e. The Morgan fingerprint density at radius 3 is 2.71 bits per heavy atom. The van der Waals surface area contributed by atoms with Crippen molar-refractivity contribution in [2.45, 2.75) is 13.5 Å². The number of carbonyl (C=O) groups excluding carboxylic acids is 1. The summed E-state index contributed by atoms with van der Waals surface area (Å²) in [6.45, 7) is 2.23. The van der Waals surface area contributed by atoms with Gasteiger partial charge >= 0.3 is 0 Å². The predicted molar refractivity (Wildman–Crippen MR) is 97.5 cm³/mol. The van der Waals surface area contributed by atoms with E-state index in [0.717, 1.165) is 33.3 Å². The maximum Gasteiger partial charge on any atom is 0.255 e. The van der Waals surface area contributed by atoms with Crippen LogP contribution in [0.25, 0.3) is 0 Å². The number of benzene rings is 2. The molecular weight excluding hydrogens is 390 g/mol. The molecule has 0 spiro atoms. The van der Waals surface area contributed by atoms with Crippen LogP contribution >= 0.6 is 27.7 Å². The van der Waals surface area contributed by atoms with E-state index in [4.69, 9.17) is 4.74 Å². The molecule has 1 N–H and O–H groups in total. The van der Waals surface area contributed by atoms with Gasteiger partial charge in [-0.25, -0.2) is 0 Å². The highest BCUT2D eigenvalue weighted by molar-refractivity contribution is 9.10. The maximum atomic E-state index is 12.3. The molecule has 0 radical (unpaired) electrons. The molecule has 2 aromatic carbocycles. The maximum absolute atomic E-state index is 12.3. The van der Waals surface area contributed by atoms with Gasteiger partial charge < -0.3 is 10.1 Å². The van der Waals surface area contributed by atoms with Crippen molar-refractivity contribution in [1.82, 2.24) is 8.75 Å². The average molecular weight is 404 g/mol. The van der Waals surface area contributed by atoms with Crippen LogP contribution in [-0.4, -0.2) is 14.7 Å². The van der Waals surface area contributed by atoms with Crippen LogP contribution in [-0.2, 0) is 6.61 Å². The van der Waals surface area contributed by atoms with Crippen LogP contribution in [0.1, 0.15) is 21.7 Å². The summed E-state index contributed by atoms with van der Waals surface area (Å²) in [6.07, 6.45) is 0. The topological polar surface area (TPSA) is 64.1 Å². The fourth-order valence-corrected chi connectivity index (χ4v) is 2.81. The van der Waals surface area contributed by atoms with Crippen molar-refractivity contribution in [3.8, 4) is 5.75 Å². The number of carbonyl (C=O) groups is 1. The van der Waals surface area contributed by atoms with Crippen molar-refractivity contribution < 1.29 is 9.53 Å². The van der Waals surface area contributed by atoms with E-state index in [1.54, 1.807) is 18.2 Å². The fraction of sp³-hybridized carbons (Fsp3) is 0.118. The minimum absolute atomic E-state index is 0.186. The van der Waals surface area contributed by atoms with Gasteiger partial charge in [-0.1, -0.05) is 22.0 Å². The first kappa shape index (κ1) is 16.6. The van der Waals surface area contributed by atoms with Gasteiger partial charge in [0.05, 0.1) is 17.4 Å². The summed E-state index contributed by atoms with van der Waals surface area (Å²) in [4.78, 5) is 12.3. The summed E-state index contributed by atoms with van der Waals surface area (Å²) in [7, 11) is 0. The monoisotopic (exact) mass is 403 g/mol. The molecule has 3 rings (SSSR count). The zero-order valence-corrected chi connectivity index (χ0v) is 15.2. The van der Waals surface area contributed by atoms with Crippen molar-refractivity contribution in [1.29, 1.82) is 0 Å². The van der Waals surface area contributed by atoms with Gasteiger partial charge in [-0.05, 0) is 49.4 Å². The van der Waals surface area contributed by atoms with Crippen molar-refractivity contribution >= 4 is 39.3 Å². The molecule has 1 heterocycles. The second-order valence-electron chi connectivity index (χ2n) is 5.07. The van der Waals surface area contributed by atoms with Crippen molar-refractivity contribution in [2.24, 2.45) is 0 Å². The van der Waals surface area contributed by atoms with E-state index in [0.29, 0.717) is 17.9 Å². The molecule has 1 amide bonds. The lowest BCUT2D eigenvalue weighted by Crippen LogP contribution is -2.11. The van der Waals surface area contributed by atoms with Gasteiger partial charge in [-0.3, -0.25) is 4.79 Å². The number of rotatable bonds is 5. The van der Waals surface area contributed by atoms with Gasteiger partial charge in [0.2, 0.25) is 0 Å². The van der Waals surface area contributed by atoms with Crippen LogP contribution in [0.15, 0.2) is 53.0 Å². The molecule has 0 saturated heterocycles. The second kappa shape index (κ2) is 7.55. The summed E-state index contributed by atoms with van der Waals surface area (Å²) >= 11 is 4.53. The lowest BCUT2D eigenvalue weighted by Gasteiger charge is -2.08. The normalized spacial score (nSPS) is 10.4. The third-order valence-electron chi connectivity index (χ3n) is 3.32. The molecule has 3 aromatic rings. The van der Waals surface area contributed by atoms with Crippen molar-refractivity contribution in [2.75, 3.05) is 5.32 Å². The molecule has 7 heteroatoms. The van der Waals surface area contributed by atoms with Gasteiger partial charge in [0.25, 0.3) is 5.91 Å². The Balaban J connectivity index is 1.66. The summed E-state index contributed by atoms with van der Waals surface area (Å²) in [5.74, 6) is 0.431. The van der Waals surface area contributed by atoms with Gasteiger partial charge in [0, 0.05) is 15.7 Å². The number of aromatic nitrogens is 2. The van der Waals surface area contributed by atoms with E-state index in [1.165, 1.54) is 0 Å². The second-order valence-corrected chi connectivity index (χ2v) is 6.52. The van der Waals surface area contributed by atoms with Crippen molar-refractivity contribution in [3.05, 3.63) is 70.0 Å². The zero-order chi connectivity index (χ0) is 16.9. The molecule has 1 aromatic heterocycles. The summed E-state index contributed by atoms with van der Waals surface area (Å²) in [5, 5.41) is 2.86. The molecule has 0 unspecified atom stereocenters. The SMILES string of the molecule is Cc1nsnc1COc1cccc(C(=O)Nc2ccc(Br)cc2)c1. The number of ether oxygens (including phenoxy) is 1. The van der Waals surface area contributed by atoms with Crippen LogP contribution in [0.5, 0.6) is 5.75 Å². The molecule has 5 nitrogen and oxygen atoms in total. The Labute approximate surface area is 152 Å². The molecule has 0 fully saturated rings. The number of hydrogen-bond acceptors (Lipinski definition) is 5. The summed E-state index contributed by atoms with van der Waals surface area (Å²) in [5.41, 5.74) is 2.94. The Bertz CT molecular complexity index is 849. The Hall–Kier alpha value is -2.25. The Morgan fingerprint density at radius 2 is 2.00 bits per heavy atom. The fourth-order valence-electron chi connectivity index (χ4n) is 2.00. The first-order chi connectivity index (χ1) is 11.6. The number of halogens is 1. The highest BCUT2D eigenvalue weighted by Gasteiger charge is 2.09. The number of nitrogens with one attached hydrogen (secondary N) is 1. The minimum Gasteiger partial charge on any atom is -0.487 e. The molecular formula is C17H14BrN3O2S. The van der Waals surface area contributed by atoms with E-state index in [-0.39, 0.29) is 5.91 Å². The van der Waals surface area contributed by atoms with Crippen LogP contribution in [0.4, 0.5) is 5.69 Å². The third kappa shape index (κ3) is 4.18. The van der Waals surface area contributed by atoms with Gasteiger partial charge in [-0.2, -0.15) is 8.75 Å². The number of nitrogens with zero attached hydrogens (tertiary/aromatic N) is 2. The number of amides is 1. The standard InChI is InChI=1S/C17H14BrN3O2S/c1-11-16(21-24-20-11)10-23-15-4-2-3-12(9-15)17(22)19-14-7-5-13(18)6-8-14/h2-9H,10H2,1H3,(H,19,22). The number of hydrogen-bond donors (Lipinski definition) is 1. The molecule has 0 saturated carbocycles. The quantitative estimate of drug-likeness (QED) is 0.683. The van der Waals surface area contributed by atoms with Crippen LogP contribution in [0, 0.1) is 6.92 Å². The average Bonchev–Trinajstić information content (AvgIpc) is 3.00. The van der Waals surface area contributed by atoms with Gasteiger partial charge in [-0.15, -0.1) is 0 Å². The Morgan fingerprint density at radius 1 is 1.21 bits per heavy atom. The van der Waals surface area contributed by atoms with Crippen LogP contribution < -0.4 is 10.1 Å². The molecule has 0 aliphatic rings. The Kier molecular flexibility index (Phi) is 5.22. The molecule has 0 bridgehead atoms. The van der Waals surface area contributed by atoms with Gasteiger partial charge in [0.1, 0.15) is 18.1 Å². The molecule has 122 valence electrons. The largest absolute Gasteiger partial charge is 0.487 e. The van der Waals surface area contributed by atoms with Crippen LogP contribution in [0.2, 0.25) is 0 Å². The predicted octanol–water partition coefficient (Wildman–Crippen LogP) is 4.44. The minimum atomic E-state index is -0.186. The lowest BCUT2D eigenvalue weighted by molar-refractivity contribution is 0.102. The van der Waals surface area contributed by atoms with Crippen LogP contribution in [0.3, 0.4) is 0 Å².